The first-order valence-corrected chi connectivity index (χ1v) is 6.27. The second kappa shape index (κ2) is 6.28. The molecule has 0 saturated carbocycles. The first-order chi connectivity index (χ1) is 9.97. The van der Waals surface area contributed by atoms with E-state index in [1.165, 1.54) is 42.5 Å². The van der Waals surface area contributed by atoms with Crippen molar-refractivity contribution in [1.82, 2.24) is 0 Å². The van der Waals surface area contributed by atoms with Crippen LogP contribution in [0.4, 0.5) is 10.1 Å². The van der Waals surface area contributed by atoms with Gasteiger partial charge in [0, 0.05) is 11.6 Å². The van der Waals surface area contributed by atoms with Crippen LogP contribution in [0.2, 0.25) is 5.02 Å². The number of nitro benzene ring substituents is 1. The van der Waals surface area contributed by atoms with E-state index in [9.17, 15) is 19.3 Å². The van der Waals surface area contributed by atoms with Crippen molar-refractivity contribution >= 4 is 29.1 Å². The van der Waals surface area contributed by atoms with Crippen molar-refractivity contribution in [1.29, 1.82) is 0 Å². The number of benzene rings is 2. The summed E-state index contributed by atoms with van der Waals surface area (Å²) in [7, 11) is 0. The van der Waals surface area contributed by atoms with Crippen LogP contribution in [0.5, 0.6) is 0 Å². The zero-order valence-corrected chi connectivity index (χ0v) is 11.4. The average Bonchev–Trinajstić information content (AvgIpc) is 2.45. The van der Waals surface area contributed by atoms with Gasteiger partial charge in [0.1, 0.15) is 10.8 Å². The predicted octanol–water partition coefficient (Wildman–Crippen LogP) is 4.28. The molecule has 0 bridgehead atoms. The lowest BCUT2D eigenvalue weighted by Crippen LogP contribution is -1.97. The number of nitrogens with zero attached hydrogens (tertiary/aromatic N) is 1. The molecule has 0 aliphatic carbocycles. The number of nitro groups is 1. The van der Waals surface area contributed by atoms with Crippen molar-refractivity contribution in [2.45, 2.75) is 0 Å². The highest BCUT2D eigenvalue weighted by Gasteiger charge is 2.14. The summed E-state index contributed by atoms with van der Waals surface area (Å²) >= 11 is 5.67. The summed E-state index contributed by atoms with van der Waals surface area (Å²) in [5.41, 5.74) is 0.326. The molecule has 0 radical (unpaired) electrons. The summed E-state index contributed by atoms with van der Waals surface area (Å²) in [5.74, 6) is -0.842. The number of carbonyl (C=O) groups is 1. The first kappa shape index (κ1) is 14.9. The lowest BCUT2D eigenvalue weighted by molar-refractivity contribution is -0.384. The highest BCUT2D eigenvalue weighted by molar-refractivity contribution is 6.32. The molecule has 0 aliphatic heterocycles. The summed E-state index contributed by atoms with van der Waals surface area (Å²) in [6.45, 7) is 0. The van der Waals surface area contributed by atoms with Gasteiger partial charge in [-0.2, -0.15) is 0 Å². The molecule has 106 valence electrons. The van der Waals surface area contributed by atoms with E-state index in [0.717, 1.165) is 6.07 Å². The molecule has 0 unspecified atom stereocenters. The van der Waals surface area contributed by atoms with Gasteiger partial charge in [0.15, 0.2) is 5.78 Å². The van der Waals surface area contributed by atoms with E-state index in [4.69, 9.17) is 11.6 Å². The fourth-order valence-corrected chi connectivity index (χ4v) is 1.87. The molecule has 2 rings (SSSR count). The van der Waals surface area contributed by atoms with Crippen molar-refractivity contribution in [3.63, 3.8) is 0 Å². The molecule has 0 atom stereocenters. The van der Waals surface area contributed by atoms with Crippen LogP contribution in [0.3, 0.4) is 0 Å². The Hall–Kier alpha value is -2.53. The van der Waals surface area contributed by atoms with Gasteiger partial charge in [-0.1, -0.05) is 29.8 Å². The van der Waals surface area contributed by atoms with Crippen LogP contribution >= 0.6 is 11.6 Å². The van der Waals surface area contributed by atoms with Crippen LogP contribution < -0.4 is 0 Å². The van der Waals surface area contributed by atoms with Gasteiger partial charge in [-0.05, 0) is 35.9 Å². The molecule has 0 aromatic heterocycles. The summed E-state index contributed by atoms with van der Waals surface area (Å²) in [6.07, 6.45) is 2.66. The maximum Gasteiger partial charge on any atom is 0.288 e. The van der Waals surface area contributed by atoms with Gasteiger partial charge >= 0.3 is 0 Å². The van der Waals surface area contributed by atoms with E-state index >= 15 is 0 Å². The van der Waals surface area contributed by atoms with E-state index in [1.54, 1.807) is 6.07 Å². The zero-order valence-electron chi connectivity index (χ0n) is 10.6. The van der Waals surface area contributed by atoms with Crippen LogP contribution in [0.1, 0.15) is 15.9 Å². The highest BCUT2D eigenvalue weighted by Crippen LogP contribution is 2.25. The molecule has 6 heteroatoms. The standard InChI is InChI=1S/C15H9ClFNO3/c16-13-6-5-11(9-14(13)18(20)21)15(19)7-4-10-2-1-3-12(17)8-10/h1-9H. The van der Waals surface area contributed by atoms with Crippen molar-refractivity contribution in [3.8, 4) is 0 Å². The first-order valence-electron chi connectivity index (χ1n) is 5.89. The molecule has 4 nitrogen and oxygen atoms in total. The van der Waals surface area contributed by atoms with Crippen LogP contribution in [0.15, 0.2) is 48.5 Å². The van der Waals surface area contributed by atoms with Gasteiger partial charge in [0.2, 0.25) is 0 Å². The summed E-state index contributed by atoms with van der Waals surface area (Å²) in [5, 5.41) is 10.7. The molecule has 0 heterocycles. The van der Waals surface area contributed by atoms with Gasteiger partial charge in [-0.3, -0.25) is 14.9 Å². The van der Waals surface area contributed by atoms with E-state index in [-0.39, 0.29) is 16.3 Å². The number of carbonyl (C=O) groups excluding carboxylic acids is 1. The maximum atomic E-state index is 13.0. The molecule has 2 aromatic carbocycles. The summed E-state index contributed by atoms with van der Waals surface area (Å²) in [6, 6.07) is 9.52. The Balaban J connectivity index is 2.25. The van der Waals surface area contributed by atoms with Gasteiger partial charge in [0.25, 0.3) is 5.69 Å². The largest absolute Gasteiger partial charge is 0.289 e. The molecule has 2 aromatic rings. The van der Waals surface area contributed by atoms with Crippen molar-refractivity contribution in [3.05, 3.63) is 80.6 Å². The Morgan fingerprint density at radius 2 is 2.00 bits per heavy atom. The molecule has 0 amide bonds. The second-order valence-electron chi connectivity index (χ2n) is 4.18. The monoisotopic (exact) mass is 305 g/mol. The molecule has 0 saturated heterocycles. The molecular formula is C15H9ClFNO3. The van der Waals surface area contributed by atoms with Crippen LogP contribution in [-0.4, -0.2) is 10.7 Å². The third-order valence-electron chi connectivity index (χ3n) is 2.70. The van der Waals surface area contributed by atoms with E-state index in [1.807, 2.05) is 0 Å². The Labute approximate surface area is 124 Å². The molecule has 21 heavy (non-hydrogen) atoms. The van der Waals surface area contributed by atoms with Crippen molar-refractivity contribution in [2.75, 3.05) is 0 Å². The molecular weight excluding hydrogens is 297 g/mol. The minimum Gasteiger partial charge on any atom is -0.289 e. The second-order valence-corrected chi connectivity index (χ2v) is 4.58. The minimum absolute atomic E-state index is 0.0364. The van der Waals surface area contributed by atoms with E-state index < -0.39 is 16.5 Å². The smallest absolute Gasteiger partial charge is 0.288 e. The number of hydrogen-bond acceptors (Lipinski definition) is 3. The van der Waals surface area contributed by atoms with Gasteiger partial charge in [-0.15, -0.1) is 0 Å². The maximum absolute atomic E-state index is 13.0. The van der Waals surface area contributed by atoms with Crippen LogP contribution in [0.25, 0.3) is 6.08 Å². The van der Waals surface area contributed by atoms with E-state index in [0.29, 0.717) is 5.56 Å². The fraction of sp³-hybridized carbons (Fsp3) is 0. The molecule has 0 fully saturated rings. The number of hydrogen-bond donors (Lipinski definition) is 0. The lowest BCUT2D eigenvalue weighted by Gasteiger charge is -1.99. The Morgan fingerprint density at radius 3 is 2.67 bits per heavy atom. The predicted molar refractivity (Wildman–Crippen MR) is 77.9 cm³/mol. The highest BCUT2D eigenvalue weighted by atomic mass is 35.5. The average molecular weight is 306 g/mol. The minimum atomic E-state index is -0.657. The topological polar surface area (TPSA) is 60.2 Å². The Bertz CT molecular complexity index is 743. The van der Waals surface area contributed by atoms with Crippen LogP contribution in [0, 0.1) is 15.9 Å². The normalized spacial score (nSPS) is 10.8. The van der Waals surface area contributed by atoms with Crippen LogP contribution in [-0.2, 0) is 0 Å². The quantitative estimate of drug-likeness (QED) is 0.366. The summed E-state index contributed by atoms with van der Waals surface area (Å²) < 4.78 is 13.0. The zero-order chi connectivity index (χ0) is 15.4. The fourth-order valence-electron chi connectivity index (χ4n) is 1.68. The number of allylic oxidation sites excluding steroid dienone is 1. The molecule has 0 N–H and O–H groups in total. The van der Waals surface area contributed by atoms with Gasteiger partial charge in [0.05, 0.1) is 4.92 Å². The van der Waals surface area contributed by atoms with Gasteiger partial charge < -0.3 is 0 Å². The van der Waals surface area contributed by atoms with Crippen molar-refractivity contribution in [2.24, 2.45) is 0 Å². The third kappa shape index (κ3) is 3.73. The number of rotatable bonds is 4. The molecule has 0 spiro atoms. The number of halogens is 2. The lowest BCUT2D eigenvalue weighted by atomic mass is 10.1. The Kier molecular flexibility index (Phi) is 4.45. The SMILES string of the molecule is O=C(C=Cc1cccc(F)c1)c1ccc(Cl)c([N+](=O)[O-])c1. The summed E-state index contributed by atoms with van der Waals surface area (Å²) in [4.78, 5) is 22.0. The number of ketones is 1. The third-order valence-corrected chi connectivity index (χ3v) is 3.02. The van der Waals surface area contributed by atoms with E-state index in [2.05, 4.69) is 0 Å². The Morgan fingerprint density at radius 1 is 1.24 bits per heavy atom. The molecule has 0 aliphatic rings. The van der Waals surface area contributed by atoms with Crippen molar-refractivity contribution < 1.29 is 14.1 Å². The van der Waals surface area contributed by atoms with Gasteiger partial charge in [-0.25, -0.2) is 4.39 Å².